The van der Waals surface area contributed by atoms with E-state index in [1.165, 1.54) is 0 Å². The van der Waals surface area contributed by atoms with Crippen molar-refractivity contribution in [3.05, 3.63) is 25.1 Å². The molecule has 15 heavy (non-hydrogen) atoms. The minimum absolute atomic E-state index is 0.348. The van der Waals surface area contributed by atoms with Crippen molar-refractivity contribution in [3.8, 4) is 0 Å². The Morgan fingerprint density at radius 2 is 1.53 bits per heavy atom. The zero-order valence-electron chi connectivity index (χ0n) is 11.2. The van der Waals surface area contributed by atoms with E-state index in [0.29, 0.717) is 0 Å². The molecule has 0 unspecified atom stereocenters. The fraction of sp³-hybridized carbons (Fsp3) is 0.600. The summed E-state index contributed by atoms with van der Waals surface area (Å²) in [4.78, 5) is 0. The van der Waals surface area contributed by atoms with E-state index >= 15 is 0 Å². The van der Waals surface area contributed by atoms with E-state index in [1.807, 2.05) is 6.20 Å². The van der Waals surface area contributed by atoms with Crippen molar-refractivity contribution in [2.24, 2.45) is 0 Å². The molecule has 5 heteroatoms. The predicted molar refractivity (Wildman–Crippen MR) is 79.4 cm³/mol. The molecular formula is C10H26N2Si3. The van der Waals surface area contributed by atoms with E-state index in [-0.39, 0.29) is 9.68 Å². The fourth-order valence-electron chi connectivity index (χ4n) is 1.67. The maximum atomic E-state index is 3.95. The summed E-state index contributed by atoms with van der Waals surface area (Å²) < 4.78 is 5.15. The molecule has 0 saturated carbocycles. The highest BCUT2D eigenvalue weighted by molar-refractivity contribution is 6.91. The highest BCUT2D eigenvalue weighted by Crippen LogP contribution is 2.20. The third kappa shape index (κ3) is 3.75. The van der Waals surface area contributed by atoms with Crippen LogP contribution in [0.5, 0.6) is 0 Å². The van der Waals surface area contributed by atoms with Crippen molar-refractivity contribution >= 4 is 26.3 Å². The van der Waals surface area contributed by atoms with Gasteiger partial charge in [0.15, 0.2) is 0 Å². The smallest absolute Gasteiger partial charge is 0.213 e. The van der Waals surface area contributed by atoms with Crippen molar-refractivity contribution in [1.29, 1.82) is 0 Å². The maximum absolute atomic E-state index is 3.95. The molecule has 0 amide bonds. The van der Waals surface area contributed by atoms with Gasteiger partial charge in [-0.2, -0.15) is 0 Å². The van der Waals surface area contributed by atoms with Crippen molar-refractivity contribution in [2.75, 3.05) is 7.05 Å². The van der Waals surface area contributed by atoms with Crippen LogP contribution in [0.3, 0.4) is 0 Å². The Bertz CT molecular complexity index is 233. The SMILES string of the molecule is C=C[SiH2]N(C=C)[Si](C)(C)N(C)[Si](C)(C)C. The first-order valence-corrected chi connectivity index (χ1v) is 13.2. The summed E-state index contributed by atoms with van der Waals surface area (Å²) in [6.07, 6.45) is 2.02. The van der Waals surface area contributed by atoms with E-state index < -0.39 is 16.6 Å². The number of rotatable bonds is 6. The van der Waals surface area contributed by atoms with Crippen molar-refractivity contribution in [1.82, 2.24) is 8.46 Å². The van der Waals surface area contributed by atoms with Crippen molar-refractivity contribution in [3.63, 3.8) is 0 Å². The lowest BCUT2D eigenvalue weighted by Gasteiger charge is -2.48. The molecule has 0 aromatic heterocycles. The maximum Gasteiger partial charge on any atom is 0.213 e. The highest BCUT2D eigenvalue weighted by atomic mass is 28.4. The standard InChI is InChI=1S/C10H26N2Si3/c1-9-12(13-10-2)15(7,8)11(3)14(4,5)6/h9-10H,1-2,13H2,3-8H3. The van der Waals surface area contributed by atoms with Crippen LogP contribution in [0.1, 0.15) is 0 Å². The Morgan fingerprint density at radius 1 is 1.07 bits per heavy atom. The third-order valence-electron chi connectivity index (χ3n) is 3.08. The summed E-state index contributed by atoms with van der Waals surface area (Å²) in [7, 11) is -0.766. The summed E-state index contributed by atoms with van der Waals surface area (Å²) >= 11 is 0. The van der Waals surface area contributed by atoms with Gasteiger partial charge in [-0.25, -0.2) is 0 Å². The van der Waals surface area contributed by atoms with Crippen LogP contribution in [-0.2, 0) is 0 Å². The molecule has 0 saturated heterocycles. The molecule has 0 aliphatic heterocycles. The normalized spacial score (nSPS) is 13.5. The van der Waals surface area contributed by atoms with Crippen LogP contribution in [0.15, 0.2) is 25.1 Å². The molecule has 0 aromatic rings. The molecule has 2 nitrogen and oxygen atoms in total. The lowest BCUT2D eigenvalue weighted by atomic mass is 11.1. The second-order valence-corrected chi connectivity index (χ2v) is 17.3. The summed E-state index contributed by atoms with van der Waals surface area (Å²) in [6.45, 7) is 19.8. The third-order valence-corrected chi connectivity index (χ3v) is 15.8. The molecule has 0 aromatic carbocycles. The van der Waals surface area contributed by atoms with E-state index in [0.717, 1.165) is 0 Å². The predicted octanol–water partition coefficient (Wildman–Crippen LogP) is 2.13. The first kappa shape index (κ1) is 14.9. The second kappa shape index (κ2) is 5.29. The molecule has 0 N–H and O–H groups in total. The Labute approximate surface area is 99.8 Å². The minimum Gasteiger partial charge on any atom is -0.421 e. The first-order valence-electron chi connectivity index (χ1n) is 5.42. The van der Waals surface area contributed by atoms with Crippen LogP contribution in [0.25, 0.3) is 0 Å². The molecule has 0 aliphatic rings. The molecular weight excluding hydrogens is 232 g/mol. The molecule has 0 atom stereocenters. The second-order valence-electron chi connectivity index (χ2n) is 5.35. The van der Waals surface area contributed by atoms with Gasteiger partial charge in [0.25, 0.3) is 0 Å². The number of nitrogens with zero attached hydrogens (tertiary/aromatic N) is 2. The molecule has 0 fully saturated rings. The Morgan fingerprint density at radius 3 is 1.80 bits per heavy atom. The van der Waals surface area contributed by atoms with Crippen LogP contribution >= 0.6 is 0 Å². The average molecular weight is 259 g/mol. The summed E-state index contributed by atoms with van der Waals surface area (Å²) in [5.74, 6) is 0. The molecule has 0 aliphatic carbocycles. The molecule has 0 heterocycles. The van der Waals surface area contributed by atoms with Gasteiger partial charge < -0.3 is 8.46 Å². The van der Waals surface area contributed by atoms with Crippen LogP contribution < -0.4 is 0 Å². The van der Waals surface area contributed by atoms with Crippen molar-refractivity contribution in [2.45, 2.75) is 32.7 Å². The van der Waals surface area contributed by atoms with E-state index in [1.54, 1.807) is 0 Å². The van der Waals surface area contributed by atoms with E-state index in [2.05, 4.69) is 67.1 Å². The van der Waals surface area contributed by atoms with Crippen LogP contribution in [0, 0.1) is 0 Å². The Balaban J connectivity index is 4.91. The summed E-state index contributed by atoms with van der Waals surface area (Å²) in [5.41, 5.74) is 2.09. The van der Waals surface area contributed by atoms with Gasteiger partial charge in [0.05, 0.1) is 0 Å². The largest absolute Gasteiger partial charge is 0.421 e. The van der Waals surface area contributed by atoms with Gasteiger partial charge in [-0.1, -0.05) is 31.9 Å². The Hall–Kier alpha value is -0.109. The van der Waals surface area contributed by atoms with Gasteiger partial charge in [0.2, 0.25) is 8.40 Å². The molecule has 0 bridgehead atoms. The van der Waals surface area contributed by atoms with Crippen LogP contribution in [0.2, 0.25) is 32.7 Å². The first-order chi connectivity index (χ1) is 6.67. The van der Waals surface area contributed by atoms with Gasteiger partial charge in [-0.15, -0.1) is 6.58 Å². The molecule has 0 radical (unpaired) electrons. The lowest BCUT2D eigenvalue weighted by molar-refractivity contribution is 0.667. The van der Waals surface area contributed by atoms with E-state index in [4.69, 9.17) is 0 Å². The summed E-state index contributed by atoms with van der Waals surface area (Å²) in [5, 5.41) is 0. The van der Waals surface area contributed by atoms with Gasteiger partial charge >= 0.3 is 0 Å². The summed E-state index contributed by atoms with van der Waals surface area (Å²) in [6, 6.07) is 0. The molecule has 0 spiro atoms. The van der Waals surface area contributed by atoms with Gasteiger partial charge in [0.1, 0.15) is 17.9 Å². The Kier molecular flexibility index (Phi) is 5.25. The molecule has 0 rings (SSSR count). The van der Waals surface area contributed by atoms with Gasteiger partial charge in [-0.3, -0.25) is 0 Å². The zero-order chi connectivity index (χ0) is 12.3. The monoisotopic (exact) mass is 258 g/mol. The lowest BCUT2D eigenvalue weighted by Crippen LogP contribution is -2.66. The average Bonchev–Trinajstić information content (AvgIpc) is 2.11. The number of hydrogen-bond acceptors (Lipinski definition) is 2. The quantitative estimate of drug-likeness (QED) is 0.674. The molecule has 88 valence electrons. The van der Waals surface area contributed by atoms with Crippen molar-refractivity contribution < 1.29 is 0 Å². The number of hydrogen-bond donors (Lipinski definition) is 0. The zero-order valence-corrected chi connectivity index (χ0v) is 14.6. The fourth-order valence-corrected chi connectivity index (χ4v) is 13.1. The van der Waals surface area contributed by atoms with Gasteiger partial charge in [0, 0.05) is 0 Å². The van der Waals surface area contributed by atoms with E-state index in [9.17, 15) is 0 Å². The van der Waals surface area contributed by atoms with Crippen LogP contribution in [-0.4, -0.2) is 41.8 Å². The van der Waals surface area contributed by atoms with Crippen LogP contribution in [0.4, 0.5) is 0 Å². The topological polar surface area (TPSA) is 6.48 Å². The highest BCUT2D eigenvalue weighted by Gasteiger charge is 2.38. The van der Waals surface area contributed by atoms with Gasteiger partial charge in [-0.05, 0) is 26.3 Å². The minimum atomic E-state index is -1.49.